The molecule has 1 atom stereocenters. The smallest absolute Gasteiger partial charge is 0.0108 e. The molecule has 0 saturated carbocycles. The number of rotatable bonds is 8. The first-order valence-electron chi connectivity index (χ1n) is 6.11. The van der Waals surface area contributed by atoms with Crippen LogP contribution in [-0.4, -0.2) is 12.6 Å². The fourth-order valence-electron chi connectivity index (χ4n) is 1.77. The maximum Gasteiger partial charge on any atom is 0.0108 e. The molecule has 0 aliphatic carbocycles. The molecule has 0 aromatic carbocycles. The van der Waals surface area contributed by atoms with E-state index in [0.29, 0.717) is 6.04 Å². The van der Waals surface area contributed by atoms with Crippen LogP contribution in [0.2, 0.25) is 0 Å². The monoisotopic (exact) mass is 225 g/mol. The van der Waals surface area contributed by atoms with Crippen LogP contribution in [0.4, 0.5) is 0 Å². The van der Waals surface area contributed by atoms with E-state index in [1.165, 1.54) is 37.7 Å². The number of hydrogen-bond donors (Lipinski definition) is 1. The molecule has 2 heteroatoms. The molecule has 1 N–H and O–H groups in total. The number of thiophene rings is 1. The highest BCUT2D eigenvalue weighted by atomic mass is 32.1. The average molecular weight is 225 g/mol. The topological polar surface area (TPSA) is 12.0 Å². The van der Waals surface area contributed by atoms with Gasteiger partial charge in [-0.2, -0.15) is 11.3 Å². The zero-order chi connectivity index (χ0) is 10.9. The summed E-state index contributed by atoms with van der Waals surface area (Å²) in [6, 6.07) is 2.93. The number of hydrogen-bond acceptors (Lipinski definition) is 2. The highest BCUT2D eigenvalue weighted by molar-refractivity contribution is 7.07. The standard InChI is InChI=1S/C13H23NS/c1-3-5-6-13(14-8-4-2)10-12-7-9-15-11-12/h7,9,11,13-14H,3-6,8,10H2,1-2H3. The minimum absolute atomic E-state index is 0.680. The summed E-state index contributed by atoms with van der Waals surface area (Å²) in [7, 11) is 0. The van der Waals surface area contributed by atoms with E-state index in [2.05, 4.69) is 36.0 Å². The van der Waals surface area contributed by atoms with Crippen LogP contribution in [0.25, 0.3) is 0 Å². The van der Waals surface area contributed by atoms with Gasteiger partial charge in [0.1, 0.15) is 0 Å². The first kappa shape index (κ1) is 12.7. The van der Waals surface area contributed by atoms with Crippen molar-refractivity contribution in [1.82, 2.24) is 5.32 Å². The number of nitrogens with one attached hydrogen (secondary N) is 1. The van der Waals surface area contributed by atoms with E-state index in [0.717, 1.165) is 6.54 Å². The Bertz CT molecular complexity index is 223. The van der Waals surface area contributed by atoms with Crippen LogP contribution in [0.1, 0.15) is 45.1 Å². The molecule has 0 aliphatic rings. The molecule has 86 valence electrons. The highest BCUT2D eigenvalue weighted by Gasteiger charge is 2.08. The van der Waals surface area contributed by atoms with Gasteiger partial charge in [-0.3, -0.25) is 0 Å². The van der Waals surface area contributed by atoms with Crippen molar-refractivity contribution in [3.8, 4) is 0 Å². The highest BCUT2D eigenvalue weighted by Crippen LogP contribution is 2.12. The molecule has 0 radical (unpaired) electrons. The van der Waals surface area contributed by atoms with Crippen LogP contribution in [-0.2, 0) is 6.42 Å². The summed E-state index contributed by atoms with van der Waals surface area (Å²) in [4.78, 5) is 0. The quantitative estimate of drug-likeness (QED) is 0.708. The molecule has 0 fully saturated rings. The van der Waals surface area contributed by atoms with Crippen LogP contribution in [0, 0.1) is 0 Å². The lowest BCUT2D eigenvalue weighted by Crippen LogP contribution is -2.31. The van der Waals surface area contributed by atoms with Gasteiger partial charge in [0.2, 0.25) is 0 Å². The van der Waals surface area contributed by atoms with Crippen LogP contribution < -0.4 is 5.32 Å². The van der Waals surface area contributed by atoms with E-state index in [-0.39, 0.29) is 0 Å². The zero-order valence-electron chi connectivity index (χ0n) is 9.96. The minimum atomic E-state index is 0.680. The van der Waals surface area contributed by atoms with Crippen LogP contribution in [0.3, 0.4) is 0 Å². The maximum atomic E-state index is 3.65. The summed E-state index contributed by atoms with van der Waals surface area (Å²) in [5, 5.41) is 8.09. The first-order chi connectivity index (χ1) is 7.36. The summed E-state index contributed by atoms with van der Waals surface area (Å²) in [6.07, 6.45) is 6.38. The second-order valence-corrected chi connectivity index (χ2v) is 4.91. The van der Waals surface area contributed by atoms with Crippen molar-refractivity contribution in [2.24, 2.45) is 0 Å². The van der Waals surface area contributed by atoms with E-state index in [1.807, 2.05) is 0 Å². The fraction of sp³-hybridized carbons (Fsp3) is 0.692. The molecule has 0 aliphatic heterocycles. The van der Waals surface area contributed by atoms with Crippen molar-refractivity contribution in [3.63, 3.8) is 0 Å². The third-order valence-electron chi connectivity index (χ3n) is 2.65. The molecule has 0 saturated heterocycles. The predicted octanol–water partition coefficient (Wildman–Crippen LogP) is 3.85. The lowest BCUT2D eigenvalue weighted by atomic mass is 10.0. The van der Waals surface area contributed by atoms with Crippen LogP contribution in [0.15, 0.2) is 16.8 Å². The van der Waals surface area contributed by atoms with Crippen LogP contribution in [0.5, 0.6) is 0 Å². The Morgan fingerprint density at radius 1 is 1.33 bits per heavy atom. The summed E-state index contributed by atoms with van der Waals surface area (Å²) in [5.41, 5.74) is 1.49. The Kier molecular flexibility index (Phi) is 6.69. The summed E-state index contributed by atoms with van der Waals surface area (Å²) in [6.45, 7) is 5.65. The van der Waals surface area contributed by atoms with Crippen molar-refractivity contribution >= 4 is 11.3 Å². The van der Waals surface area contributed by atoms with E-state index >= 15 is 0 Å². The van der Waals surface area contributed by atoms with E-state index < -0.39 is 0 Å². The normalized spacial score (nSPS) is 12.9. The lowest BCUT2D eigenvalue weighted by molar-refractivity contribution is 0.462. The molecule has 1 aromatic rings. The largest absolute Gasteiger partial charge is 0.314 e. The minimum Gasteiger partial charge on any atom is -0.314 e. The Hall–Kier alpha value is -0.340. The molecular formula is C13H23NS. The van der Waals surface area contributed by atoms with Crippen LogP contribution >= 0.6 is 11.3 Å². The molecular weight excluding hydrogens is 202 g/mol. The van der Waals surface area contributed by atoms with Gasteiger partial charge in [-0.25, -0.2) is 0 Å². The van der Waals surface area contributed by atoms with Gasteiger partial charge in [0.25, 0.3) is 0 Å². The van der Waals surface area contributed by atoms with Gasteiger partial charge in [0.05, 0.1) is 0 Å². The number of unbranched alkanes of at least 4 members (excludes halogenated alkanes) is 1. The van der Waals surface area contributed by atoms with Gasteiger partial charge in [-0.1, -0.05) is 26.7 Å². The van der Waals surface area contributed by atoms with Gasteiger partial charge in [-0.05, 0) is 48.2 Å². The van der Waals surface area contributed by atoms with Crippen molar-refractivity contribution in [1.29, 1.82) is 0 Å². The van der Waals surface area contributed by atoms with Crippen molar-refractivity contribution < 1.29 is 0 Å². The molecule has 1 unspecified atom stereocenters. The molecule has 1 rings (SSSR count). The third-order valence-corrected chi connectivity index (χ3v) is 3.38. The zero-order valence-corrected chi connectivity index (χ0v) is 10.8. The average Bonchev–Trinajstić information content (AvgIpc) is 2.74. The van der Waals surface area contributed by atoms with E-state index in [4.69, 9.17) is 0 Å². The Morgan fingerprint density at radius 2 is 2.20 bits per heavy atom. The third kappa shape index (κ3) is 5.33. The van der Waals surface area contributed by atoms with Gasteiger partial charge in [0.15, 0.2) is 0 Å². The SMILES string of the molecule is CCCCC(Cc1ccsc1)NCCC. The molecule has 1 heterocycles. The van der Waals surface area contributed by atoms with Crippen molar-refractivity contribution in [2.45, 2.75) is 52.0 Å². The van der Waals surface area contributed by atoms with E-state index in [1.54, 1.807) is 11.3 Å². The van der Waals surface area contributed by atoms with Gasteiger partial charge >= 0.3 is 0 Å². The summed E-state index contributed by atoms with van der Waals surface area (Å²) in [5.74, 6) is 0. The van der Waals surface area contributed by atoms with Gasteiger partial charge in [0, 0.05) is 6.04 Å². The second kappa shape index (κ2) is 7.89. The first-order valence-corrected chi connectivity index (χ1v) is 7.05. The van der Waals surface area contributed by atoms with Gasteiger partial charge in [-0.15, -0.1) is 0 Å². The predicted molar refractivity (Wildman–Crippen MR) is 69.6 cm³/mol. The Balaban J connectivity index is 2.33. The maximum absolute atomic E-state index is 3.65. The van der Waals surface area contributed by atoms with Crippen molar-refractivity contribution in [2.75, 3.05) is 6.54 Å². The lowest BCUT2D eigenvalue weighted by Gasteiger charge is -2.17. The molecule has 15 heavy (non-hydrogen) atoms. The molecule has 0 spiro atoms. The Morgan fingerprint density at radius 3 is 2.80 bits per heavy atom. The molecule has 0 amide bonds. The summed E-state index contributed by atoms with van der Waals surface area (Å²) < 4.78 is 0. The van der Waals surface area contributed by atoms with Gasteiger partial charge < -0.3 is 5.32 Å². The van der Waals surface area contributed by atoms with E-state index in [9.17, 15) is 0 Å². The van der Waals surface area contributed by atoms with Crippen molar-refractivity contribution in [3.05, 3.63) is 22.4 Å². The second-order valence-electron chi connectivity index (χ2n) is 4.13. The fourth-order valence-corrected chi connectivity index (χ4v) is 2.45. The Labute approximate surface area is 97.9 Å². The molecule has 1 nitrogen and oxygen atoms in total. The molecule has 1 aromatic heterocycles. The molecule has 0 bridgehead atoms. The summed E-state index contributed by atoms with van der Waals surface area (Å²) >= 11 is 1.80.